The van der Waals surface area contributed by atoms with Crippen LogP contribution in [0.1, 0.15) is 38.2 Å². The van der Waals surface area contributed by atoms with Gasteiger partial charge in [0, 0.05) is 12.2 Å². The molecule has 1 aromatic rings. The van der Waals surface area contributed by atoms with Crippen LogP contribution in [-0.4, -0.2) is 56.2 Å². The summed E-state index contributed by atoms with van der Waals surface area (Å²) >= 11 is 0. The summed E-state index contributed by atoms with van der Waals surface area (Å²) in [7, 11) is -3.85. The van der Waals surface area contributed by atoms with Crippen LogP contribution in [0.25, 0.3) is 0 Å². The molecule has 1 saturated heterocycles. The van der Waals surface area contributed by atoms with Crippen molar-refractivity contribution in [2.75, 3.05) is 18.1 Å². The largest absolute Gasteiger partial charge is 0.454 e. The highest BCUT2D eigenvalue weighted by atomic mass is 32.2. The summed E-state index contributed by atoms with van der Waals surface area (Å²) in [6.45, 7) is 1.18. The second-order valence-electron chi connectivity index (χ2n) is 8.46. The van der Waals surface area contributed by atoms with Crippen molar-refractivity contribution in [2.45, 2.75) is 50.0 Å². The lowest BCUT2D eigenvalue weighted by Gasteiger charge is -2.22. The summed E-state index contributed by atoms with van der Waals surface area (Å²) in [6.07, 6.45) is 3.50. The molecule has 1 aliphatic carbocycles. The number of sulfonamides is 1. The molecule has 3 aliphatic rings. The third-order valence-electron chi connectivity index (χ3n) is 6.52. The molecule has 2 unspecified atom stereocenters. The van der Waals surface area contributed by atoms with Crippen LogP contribution in [0.5, 0.6) is 0 Å². The monoisotopic (exact) mass is 463 g/mol. The Kier molecular flexibility index (Phi) is 5.80. The van der Waals surface area contributed by atoms with Crippen LogP contribution < -0.4 is 10.0 Å². The van der Waals surface area contributed by atoms with Gasteiger partial charge in [0.1, 0.15) is 6.04 Å². The van der Waals surface area contributed by atoms with E-state index in [0.29, 0.717) is 37.1 Å². The van der Waals surface area contributed by atoms with Gasteiger partial charge in [0.05, 0.1) is 16.7 Å². The van der Waals surface area contributed by atoms with Crippen LogP contribution in [-0.2, 0) is 40.4 Å². The average molecular weight is 464 g/mol. The van der Waals surface area contributed by atoms with Crippen molar-refractivity contribution in [1.29, 1.82) is 0 Å². The molecule has 10 nitrogen and oxygen atoms in total. The van der Waals surface area contributed by atoms with Crippen molar-refractivity contribution in [3.05, 3.63) is 23.8 Å². The number of anilines is 1. The Bertz CT molecular complexity index is 1080. The number of amides is 3. The first kappa shape index (κ1) is 22.4. The molecule has 2 fully saturated rings. The summed E-state index contributed by atoms with van der Waals surface area (Å²) in [4.78, 5) is 52.8. The summed E-state index contributed by atoms with van der Waals surface area (Å²) in [5, 5.41) is 5.15. The fourth-order valence-electron chi connectivity index (χ4n) is 4.82. The van der Waals surface area contributed by atoms with Gasteiger partial charge in [-0.25, -0.2) is 18.4 Å². The second kappa shape index (κ2) is 8.28. The van der Waals surface area contributed by atoms with Crippen LogP contribution in [0, 0.1) is 11.8 Å². The molecule has 2 aliphatic heterocycles. The number of nitrogens with two attached hydrogens (primary N) is 1. The molecule has 11 heteroatoms. The molecule has 0 bridgehead atoms. The fraction of sp³-hybridized carbons (Fsp3) is 0.524. The standard InChI is InChI=1S/C21H25N3O7S/c1-12(24-19(26)15-4-2-3-5-16(15)20(24)27)21(28)31-11-18(25)23-9-8-13-10-14(32(22,29)30)6-7-17(13)23/h6-7,10,12,15-16H,2-5,8-9,11H2,1H3,(H2,22,29,30)/t12-,15?,16?/m0/s1. The summed E-state index contributed by atoms with van der Waals surface area (Å²) in [6, 6.07) is 3.14. The van der Waals surface area contributed by atoms with Gasteiger partial charge in [0.15, 0.2) is 6.61 Å². The van der Waals surface area contributed by atoms with E-state index >= 15 is 0 Å². The summed E-state index contributed by atoms with van der Waals surface area (Å²) in [5.41, 5.74) is 1.18. The number of likely N-dealkylation sites (tertiary alicyclic amines) is 1. The van der Waals surface area contributed by atoms with Crippen LogP contribution in [0.15, 0.2) is 23.1 Å². The Morgan fingerprint density at radius 1 is 1.16 bits per heavy atom. The van der Waals surface area contributed by atoms with E-state index in [1.165, 1.54) is 30.0 Å². The van der Waals surface area contributed by atoms with Gasteiger partial charge in [-0.1, -0.05) is 12.8 Å². The molecular weight excluding hydrogens is 438 g/mol. The maximum atomic E-state index is 12.6. The average Bonchev–Trinajstić information content (AvgIpc) is 3.29. The Morgan fingerprint density at radius 3 is 2.38 bits per heavy atom. The Hall–Kier alpha value is -2.79. The smallest absolute Gasteiger partial charge is 0.329 e. The third-order valence-corrected chi connectivity index (χ3v) is 7.43. The van der Waals surface area contributed by atoms with Crippen molar-refractivity contribution in [2.24, 2.45) is 17.0 Å². The van der Waals surface area contributed by atoms with E-state index < -0.39 is 34.5 Å². The molecule has 2 heterocycles. The van der Waals surface area contributed by atoms with Gasteiger partial charge in [0.25, 0.3) is 5.91 Å². The van der Waals surface area contributed by atoms with E-state index in [1.807, 2.05) is 0 Å². The molecular formula is C21H25N3O7S. The lowest BCUT2D eigenvalue weighted by Crippen LogP contribution is -2.45. The molecule has 0 aromatic heterocycles. The van der Waals surface area contributed by atoms with Gasteiger partial charge in [0.2, 0.25) is 21.8 Å². The molecule has 1 aromatic carbocycles. The number of hydrogen-bond acceptors (Lipinski definition) is 7. The minimum Gasteiger partial charge on any atom is -0.454 e. The fourth-order valence-corrected chi connectivity index (χ4v) is 5.38. The Balaban J connectivity index is 1.38. The van der Waals surface area contributed by atoms with Crippen molar-refractivity contribution in [3.63, 3.8) is 0 Å². The van der Waals surface area contributed by atoms with Gasteiger partial charge < -0.3 is 9.64 Å². The number of imide groups is 1. The number of hydrogen-bond donors (Lipinski definition) is 1. The number of fused-ring (bicyclic) bond motifs is 2. The van der Waals surface area contributed by atoms with Crippen LogP contribution in [0.3, 0.4) is 0 Å². The number of nitrogens with zero attached hydrogens (tertiary/aromatic N) is 2. The van der Waals surface area contributed by atoms with Crippen LogP contribution in [0.2, 0.25) is 0 Å². The lowest BCUT2D eigenvalue weighted by atomic mass is 9.81. The van der Waals surface area contributed by atoms with Gasteiger partial charge in [-0.3, -0.25) is 19.3 Å². The Labute approximate surface area is 185 Å². The number of rotatable bonds is 5. The van der Waals surface area contributed by atoms with Gasteiger partial charge in [-0.2, -0.15) is 0 Å². The molecule has 0 radical (unpaired) electrons. The number of esters is 1. The molecule has 3 amide bonds. The first-order valence-electron chi connectivity index (χ1n) is 10.6. The predicted molar refractivity (Wildman–Crippen MR) is 112 cm³/mol. The van der Waals surface area contributed by atoms with Crippen molar-refractivity contribution in [3.8, 4) is 0 Å². The molecule has 4 rings (SSSR count). The van der Waals surface area contributed by atoms with E-state index in [-0.39, 0.29) is 28.5 Å². The highest BCUT2D eigenvalue weighted by Crippen LogP contribution is 2.39. The zero-order valence-corrected chi connectivity index (χ0v) is 18.5. The summed E-state index contributed by atoms with van der Waals surface area (Å²) < 4.78 is 28.2. The molecule has 2 N–H and O–H groups in total. The van der Waals surface area contributed by atoms with Gasteiger partial charge in [-0.05, 0) is 49.9 Å². The minimum absolute atomic E-state index is 0.0358. The van der Waals surface area contributed by atoms with E-state index in [0.717, 1.165) is 17.7 Å². The molecule has 0 spiro atoms. The summed E-state index contributed by atoms with van der Waals surface area (Å²) in [5.74, 6) is -2.71. The quantitative estimate of drug-likeness (QED) is 0.489. The maximum Gasteiger partial charge on any atom is 0.329 e. The first-order valence-corrected chi connectivity index (χ1v) is 12.1. The zero-order chi connectivity index (χ0) is 23.2. The van der Waals surface area contributed by atoms with Crippen molar-refractivity contribution in [1.82, 2.24) is 4.90 Å². The zero-order valence-electron chi connectivity index (χ0n) is 17.7. The normalized spacial score (nSPS) is 23.7. The van der Waals surface area contributed by atoms with Gasteiger partial charge >= 0.3 is 5.97 Å². The number of ether oxygens (including phenoxy) is 1. The topological polar surface area (TPSA) is 144 Å². The second-order valence-corrected chi connectivity index (χ2v) is 10.0. The van der Waals surface area contributed by atoms with E-state index in [9.17, 15) is 27.6 Å². The number of benzene rings is 1. The third kappa shape index (κ3) is 3.90. The molecule has 172 valence electrons. The van der Waals surface area contributed by atoms with Crippen LogP contribution >= 0.6 is 0 Å². The number of primary sulfonamides is 1. The highest BCUT2D eigenvalue weighted by Gasteiger charge is 2.51. The molecule has 3 atom stereocenters. The first-order chi connectivity index (χ1) is 15.1. The Morgan fingerprint density at radius 2 is 1.78 bits per heavy atom. The van der Waals surface area contributed by atoms with E-state index in [4.69, 9.17) is 9.88 Å². The van der Waals surface area contributed by atoms with E-state index in [1.54, 1.807) is 0 Å². The van der Waals surface area contributed by atoms with Crippen molar-refractivity contribution >= 4 is 39.4 Å². The van der Waals surface area contributed by atoms with Crippen LogP contribution in [0.4, 0.5) is 5.69 Å². The predicted octanol–water partition coefficient (Wildman–Crippen LogP) is 0.330. The SMILES string of the molecule is C[C@@H](C(=O)OCC(=O)N1CCc2cc(S(N)(=O)=O)ccc21)N1C(=O)C2CCCCC2C1=O. The lowest BCUT2D eigenvalue weighted by molar-refractivity contribution is -0.159. The highest BCUT2D eigenvalue weighted by molar-refractivity contribution is 7.89. The molecule has 1 saturated carbocycles. The minimum atomic E-state index is -3.85. The number of carbonyl (C=O) groups excluding carboxylic acids is 4. The number of carbonyl (C=O) groups is 4. The maximum absolute atomic E-state index is 12.6. The van der Waals surface area contributed by atoms with E-state index in [2.05, 4.69) is 0 Å². The van der Waals surface area contributed by atoms with Gasteiger partial charge in [-0.15, -0.1) is 0 Å². The molecule has 32 heavy (non-hydrogen) atoms. The van der Waals surface area contributed by atoms with Crippen molar-refractivity contribution < 1.29 is 32.3 Å².